The number of nitrogens with two attached hydrogens (primary N) is 1. The molecular weight excluding hydrogens is 285 g/mol. The lowest BCUT2D eigenvalue weighted by atomic mass is 10.2. The van der Waals surface area contributed by atoms with Crippen molar-refractivity contribution < 1.29 is 9.13 Å². The van der Waals surface area contributed by atoms with Crippen LogP contribution in [-0.2, 0) is 6.61 Å². The third-order valence-electron chi connectivity index (χ3n) is 2.30. The molecule has 0 aliphatic rings. The van der Waals surface area contributed by atoms with E-state index in [-0.39, 0.29) is 5.69 Å². The van der Waals surface area contributed by atoms with E-state index in [1.165, 1.54) is 12.1 Å². The minimum atomic E-state index is -0.418. The van der Waals surface area contributed by atoms with Gasteiger partial charge in [-0.1, -0.05) is 18.2 Å². The van der Waals surface area contributed by atoms with E-state index < -0.39 is 5.82 Å². The molecule has 0 bridgehead atoms. The Hall–Kier alpha value is -1.55. The average molecular weight is 296 g/mol. The number of benzene rings is 2. The number of hydrogen-bond acceptors (Lipinski definition) is 2. The summed E-state index contributed by atoms with van der Waals surface area (Å²) < 4.78 is 19.6. The molecule has 0 amide bonds. The zero-order valence-corrected chi connectivity index (χ0v) is 10.6. The lowest BCUT2D eigenvalue weighted by Crippen LogP contribution is -1.98. The normalized spacial score (nSPS) is 10.2. The maximum absolute atomic E-state index is 13.2. The van der Waals surface area contributed by atoms with Crippen molar-refractivity contribution in [3.05, 3.63) is 58.3 Å². The largest absolute Gasteiger partial charge is 0.488 e. The molecule has 2 aromatic rings. The Balaban J connectivity index is 2.08. The summed E-state index contributed by atoms with van der Waals surface area (Å²) in [7, 11) is 0. The summed E-state index contributed by atoms with van der Waals surface area (Å²) in [6.45, 7) is 0.305. The van der Waals surface area contributed by atoms with Crippen LogP contribution in [0.25, 0.3) is 0 Å². The molecule has 0 aromatic heterocycles. The van der Waals surface area contributed by atoms with Gasteiger partial charge < -0.3 is 10.5 Å². The molecule has 2 nitrogen and oxygen atoms in total. The van der Waals surface area contributed by atoms with Crippen molar-refractivity contribution in [2.45, 2.75) is 6.61 Å². The first-order valence-corrected chi connectivity index (χ1v) is 5.87. The molecule has 0 aliphatic heterocycles. The topological polar surface area (TPSA) is 35.2 Å². The second-order valence-corrected chi connectivity index (χ2v) is 4.43. The highest BCUT2D eigenvalue weighted by atomic mass is 79.9. The maximum Gasteiger partial charge on any atom is 0.146 e. The summed E-state index contributed by atoms with van der Waals surface area (Å²) in [5.41, 5.74) is 6.29. The van der Waals surface area contributed by atoms with Gasteiger partial charge in [0.15, 0.2) is 0 Å². The molecule has 0 saturated heterocycles. The van der Waals surface area contributed by atoms with E-state index in [0.29, 0.717) is 6.61 Å². The van der Waals surface area contributed by atoms with Crippen molar-refractivity contribution in [3.8, 4) is 5.75 Å². The van der Waals surface area contributed by atoms with Crippen LogP contribution >= 0.6 is 15.9 Å². The molecule has 0 fully saturated rings. The van der Waals surface area contributed by atoms with Crippen molar-refractivity contribution in [1.29, 1.82) is 0 Å². The van der Waals surface area contributed by atoms with Crippen molar-refractivity contribution in [3.63, 3.8) is 0 Å². The van der Waals surface area contributed by atoms with Gasteiger partial charge in [-0.3, -0.25) is 0 Å². The molecule has 0 unspecified atom stereocenters. The fraction of sp³-hybridized carbons (Fsp3) is 0.0769. The number of halogens is 2. The molecule has 0 saturated carbocycles. The fourth-order valence-electron chi connectivity index (χ4n) is 1.38. The third kappa shape index (κ3) is 2.97. The van der Waals surface area contributed by atoms with Gasteiger partial charge in [-0.15, -0.1) is 0 Å². The summed E-state index contributed by atoms with van der Waals surface area (Å²) in [5, 5.41) is 0. The first kappa shape index (κ1) is 11.9. The monoisotopic (exact) mass is 295 g/mol. The van der Waals surface area contributed by atoms with E-state index in [2.05, 4.69) is 15.9 Å². The number of anilines is 1. The van der Waals surface area contributed by atoms with Gasteiger partial charge in [0, 0.05) is 0 Å². The molecule has 0 spiro atoms. The molecule has 0 heterocycles. The molecular formula is C13H11BrFNO. The molecule has 2 rings (SSSR count). The standard InChI is InChI=1S/C13H11BrFNO/c14-10-3-1-2-4-13(10)17-8-9-5-6-12(16)11(15)7-9/h1-7H,8,16H2. The summed E-state index contributed by atoms with van der Waals surface area (Å²) in [4.78, 5) is 0. The highest BCUT2D eigenvalue weighted by Crippen LogP contribution is 2.25. The summed E-state index contributed by atoms with van der Waals surface area (Å²) >= 11 is 3.38. The minimum absolute atomic E-state index is 0.148. The van der Waals surface area contributed by atoms with Crippen LogP contribution in [0.5, 0.6) is 5.75 Å². The smallest absolute Gasteiger partial charge is 0.146 e. The molecule has 2 N–H and O–H groups in total. The first-order chi connectivity index (χ1) is 8.16. The number of hydrogen-bond donors (Lipinski definition) is 1. The molecule has 0 radical (unpaired) electrons. The van der Waals surface area contributed by atoms with E-state index in [4.69, 9.17) is 10.5 Å². The molecule has 88 valence electrons. The number of rotatable bonds is 3. The number of ether oxygens (including phenoxy) is 1. The second-order valence-electron chi connectivity index (χ2n) is 3.57. The molecule has 17 heavy (non-hydrogen) atoms. The Morgan fingerprint density at radius 3 is 2.65 bits per heavy atom. The van der Waals surface area contributed by atoms with Crippen LogP contribution in [0, 0.1) is 5.82 Å². The average Bonchev–Trinajstić information content (AvgIpc) is 2.32. The lowest BCUT2D eigenvalue weighted by molar-refractivity contribution is 0.303. The predicted octanol–water partition coefficient (Wildman–Crippen LogP) is 3.75. The minimum Gasteiger partial charge on any atom is -0.488 e. The molecule has 2 aromatic carbocycles. The van der Waals surface area contributed by atoms with Gasteiger partial charge in [0.05, 0.1) is 10.2 Å². The number of para-hydroxylation sites is 1. The Bertz CT molecular complexity index is 531. The van der Waals surface area contributed by atoms with Gasteiger partial charge >= 0.3 is 0 Å². The van der Waals surface area contributed by atoms with E-state index in [9.17, 15) is 4.39 Å². The van der Waals surface area contributed by atoms with Crippen molar-refractivity contribution in [1.82, 2.24) is 0 Å². The van der Waals surface area contributed by atoms with Crippen LogP contribution < -0.4 is 10.5 Å². The van der Waals surface area contributed by atoms with Gasteiger partial charge in [0.2, 0.25) is 0 Å². The van der Waals surface area contributed by atoms with Crippen molar-refractivity contribution >= 4 is 21.6 Å². The van der Waals surface area contributed by atoms with Gasteiger partial charge in [0.25, 0.3) is 0 Å². The maximum atomic E-state index is 13.2. The van der Waals surface area contributed by atoms with E-state index in [1.54, 1.807) is 6.07 Å². The SMILES string of the molecule is Nc1ccc(COc2ccccc2Br)cc1F. The lowest BCUT2D eigenvalue weighted by Gasteiger charge is -2.08. The zero-order valence-electron chi connectivity index (χ0n) is 8.99. The van der Waals surface area contributed by atoms with Gasteiger partial charge in [0.1, 0.15) is 18.2 Å². The van der Waals surface area contributed by atoms with Crippen LogP contribution in [0.4, 0.5) is 10.1 Å². The fourth-order valence-corrected chi connectivity index (χ4v) is 1.78. The molecule has 0 atom stereocenters. The Morgan fingerprint density at radius 1 is 1.18 bits per heavy atom. The van der Waals surface area contributed by atoms with Crippen LogP contribution in [0.2, 0.25) is 0 Å². The quantitative estimate of drug-likeness (QED) is 0.875. The highest BCUT2D eigenvalue weighted by molar-refractivity contribution is 9.10. The van der Waals surface area contributed by atoms with Crippen LogP contribution in [-0.4, -0.2) is 0 Å². The highest BCUT2D eigenvalue weighted by Gasteiger charge is 2.03. The van der Waals surface area contributed by atoms with Crippen LogP contribution in [0.1, 0.15) is 5.56 Å². The van der Waals surface area contributed by atoms with Crippen molar-refractivity contribution in [2.75, 3.05) is 5.73 Å². The van der Waals surface area contributed by atoms with Gasteiger partial charge in [-0.2, -0.15) is 0 Å². The summed E-state index contributed by atoms with van der Waals surface area (Å²) in [5.74, 6) is 0.308. The zero-order chi connectivity index (χ0) is 12.3. The third-order valence-corrected chi connectivity index (χ3v) is 2.95. The Kier molecular flexibility index (Phi) is 3.64. The van der Waals surface area contributed by atoms with E-state index in [1.807, 2.05) is 24.3 Å². The van der Waals surface area contributed by atoms with Crippen LogP contribution in [0.3, 0.4) is 0 Å². The molecule has 4 heteroatoms. The Morgan fingerprint density at radius 2 is 1.94 bits per heavy atom. The number of nitrogen functional groups attached to an aromatic ring is 1. The van der Waals surface area contributed by atoms with Gasteiger partial charge in [-0.25, -0.2) is 4.39 Å². The van der Waals surface area contributed by atoms with Gasteiger partial charge in [-0.05, 0) is 45.8 Å². The Labute approximate surface area is 107 Å². The van der Waals surface area contributed by atoms with E-state index in [0.717, 1.165) is 15.8 Å². The predicted molar refractivity (Wildman–Crippen MR) is 69.3 cm³/mol. The van der Waals surface area contributed by atoms with E-state index >= 15 is 0 Å². The first-order valence-electron chi connectivity index (χ1n) is 5.08. The van der Waals surface area contributed by atoms with Crippen molar-refractivity contribution in [2.24, 2.45) is 0 Å². The summed E-state index contributed by atoms with van der Waals surface area (Å²) in [6.07, 6.45) is 0. The van der Waals surface area contributed by atoms with Crippen LogP contribution in [0.15, 0.2) is 46.9 Å². The summed E-state index contributed by atoms with van der Waals surface area (Å²) in [6, 6.07) is 12.2. The molecule has 0 aliphatic carbocycles. The second kappa shape index (κ2) is 5.19.